The highest BCUT2D eigenvalue weighted by Gasteiger charge is 2.23. The van der Waals surface area contributed by atoms with Crippen LogP contribution in [0.2, 0.25) is 5.02 Å². The molecule has 90 valence electrons. The topological polar surface area (TPSA) is 29.1 Å². The number of anilines is 1. The van der Waals surface area contributed by atoms with Gasteiger partial charge in [0.15, 0.2) is 0 Å². The van der Waals surface area contributed by atoms with Gasteiger partial charge in [-0.25, -0.2) is 4.39 Å². The molecule has 18 heavy (non-hydrogen) atoms. The Morgan fingerprint density at radius 1 is 1.17 bits per heavy atom. The number of benzene rings is 2. The van der Waals surface area contributed by atoms with Gasteiger partial charge in [0.25, 0.3) is 0 Å². The summed E-state index contributed by atoms with van der Waals surface area (Å²) >= 11 is 6.02. The SMILES string of the molecule is O=C1Cc2cc(Cl)cc(-c3ccccc3F)c2N1. The number of carbonyl (C=O) groups excluding carboxylic acids is 1. The molecular weight excluding hydrogens is 253 g/mol. The second kappa shape index (κ2) is 4.10. The van der Waals surface area contributed by atoms with Gasteiger partial charge in [0.2, 0.25) is 5.91 Å². The summed E-state index contributed by atoms with van der Waals surface area (Å²) in [7, 11) is 0. The number of halogens is 2. The van der Waals surface area contributed by atoms with Crippen molar-refractivity contribution in [1.82, 2.24) is 0 Å². The number of hydrogen-bond donors (Lipinski definition) is 1. The van der Waals surface area contributed by atoms with Gasteiger partial charge in [-0.2, -0.15) is 0 Å². The second-order valence-corrected chi connectivity index (χ2v) is 4.63. The molecule has 0 spiro atoms. The zero-order valence-corrected chi connectivity index (χ0v) is 10.1. The minimum Gasteiger partial charge on any atom is -0.325 e. The third-order valence-corrected chi connectivity index (χ3v) is 3.18. The van der Waals surface area contributed by atoms with Gasteiger partial charge in [0.1, 0.15) is 5.82 Å². The van der Waals surface area contributed by atoms with Crippen LogP contribution in [0.15, 0.2) is 36.4 Å². The van der Waals surface area contributed by atoms with Crippen molar-refractivity contribution in [3.63, 3.8) is 0 Å². The highest BCUT2D eigenvalue weighted by Crippen LogP contribution is 2.38. The van der Waals surface area contributed by atoms with Gasteiger partial charge in [-0.1, -0.05) is 29.8 Å². The van der Waals surface area contributed by atoms with Crippen LogP contribution in [0.4, 0.5) is 10.1 Å². The van der Waals surface area contributed by atoms with Gasteiger partial charge >= 0.3 is 0 Å². The number of fused-ring (bicyclic) bond motifs is 1. The minimum absolute atomic E-state index is 0.0927. The van der Waals surface area contributed by atoms with Crippen LogP contribution < -0.4 is 5.32 Å². The molecule has 4 heteroatoms. The third-order valence-electron chi connectivity index (χ3n) is 2.96. The molecule has 2 aromatic rings. The fourth-order valence-electron chi connectivity index (χ4n) is 2.20. The normalized spacial score (nSPS) is 13.3. The van der Waals surface area contributed by atoms with Crippen LogP contribution in [0.5, 0.6) is 0 Å². The molecule has 0 aromatic heterocycles. The minimum atomic E-state index is -0.330. The first kappa shape index (κ1) is 11.2. The molecule has 0 aliphatic carbocycles. The van der Waals surface area contributed by atoms with Crippen LogP contribution in [0.1, 0.15) is 5.56 Å². The molecule has 1 N–H and O–H groups in total. The molecule has 1 heterocycles. The molecule has 0 saturated heterocycles. The average molecular weight is 262 g/mol. The maximum absolute atomic E-state index is 13.8. The highest BCUT2D eigenvalue weighted by molar-refractivity contribution is 6.31. The summed E-state index contributed by atoms with van der Waals surface area (Å²) in [5.74, 6) is -0.423. The molecule has 2 aromatic carbocycles. The van der Waals surface area contributed by atoms with E-state index in [1.165, 1.54) is 6.07 Å². The van der Waals surface area contributed by atoms with Gasteiger partial charge in [0.05, 0.1) is 12.1 Å². The summed E-state index contributed by atoms with van der Waals surface area (Å²) < 4.78 is 13.8. The molecule has 0 radical (unpaired) electrons. The van der Waals surface area contributed by atoms with Crippen LogP contribution in [0.25, 0.3) is 11.1 Å². The third kappa shape index (κ3) is 1.77. The maximum atomic E-state index is 13.8. The van der Waals surface area contributed by atoms with E-state index in [2.05, 4.69) is 5.32 Å². The van der Waals surface area contributed by atoms with Gasteiger partial charge in [-0.05, 0) is 23.8 Å². The zero-order chi connectivity index (χ0) is 12.7. The first-order valence-corrected chi connectivity index (χ1v) is 5.90. The van der Waals surface area contributed by atoms with Crippen molar-refractivity contribution in [2.45, 2.75) is 6.42 Å². The van der Waals surface area contributed by atoms with Gasteiger partial charge in [-0.3, -0.25) is 4.79 Å². The van der Waals surface area contributed by atoms with E-state index >= 15 is 0 Å². The summed E-state index contributed by atoms with van der Waals surface area (Å²) in [6.07, 6.45) is 0.289. The predicted octanol–water partition coefficient (Wildman–Crippen LogP) is 3.64. The van der Waals surface area contributed by atoms with E-state index in [1.54, 1.807) is 30.3 Å². The van der Waals surface area contributed by atoms with Gasteiger partial charge in [-0.15, -0.1) is 0 Å². The van der Waals surface area contributed by atoms with E-state index in [4.69, 9.17) is 11.6 Å². The van der Waals surface area contributed by atoms with Crippen molar-refractivity contribution in [3.05, 3.63) is 52.8 Å². The van der Waals surface area contributed by atoms with E-state index in [9.17, 15) is 9.18 Å². The van der Waals surface area contributed by atoms with E-state index in [1.807, 2.05) is 0 Å². The summed E-state index contributed by atoms with van der Waals surface area (Å²) in [4.78, 5) is 11.4. The second-order valence-electron chi connectivity index (χ2n) is 4.19. The maximum Gasteiger partial charge on any atom is 0.228 e. The van der Waals surface area contributed by atoms with Crippen LogP contribution in [0.3, 0.4) is 0 Å². The molecule has 0 fully saturated rings. The Balaban J connectivity index is 2.25. The van der Waals surface area contributed by atoms with E-state index < -0.39 is 0 Å². The number of hydrogen-bond acceptors (Lipinski definition) is 1. The monoisotopic (exact) mass is 261 g/mol. The Hall–Kier alpha value is -1.87. The number of carbonyl (C=O) groups is 1. The van der Waals surface area contributed by atoms with Crippen LogP contribution in [-0.2, 0) is 11.2 Å². The summed E-state index contributed by atoms with van der Waals surface area (Å²) in [5.41, 5.74) is 2.54. The lowest BCUT2D eigenvalue weighted by molar-refractivity contribution is -0.115. The predicted molar refractivity (Wildman–Crippen MR) is 69.2 cm³/mol. The van der Waals surface area contributed by atoms with Gasteiger partial charge in [0, 0.05) is 16.1 Å². The van der Waals surface area contributed by atoms with E-state index in [0.29, 0.717) is 21.8 Å². The number of amides is 1. The van der Waals surface area contributed by atoms with Crippen molar-refractivity contribution < 1.29 is 9.18 Å². The molecule has 0 saturated carbocycles. The van der Waals surface area contributed by atoms with Crippen molar-refractivity contribution in [2.75, 3.05) is 5.32 Å². The zero-order valence-electron chi connectivity index (χ0n) is 9.34. The number of rotatable bonds is 1. The van der Waals surface area contributed by atoms with Crippen molar-refractivity contribution in [2.24, 2.45) is 0 Å². The van der Waals surface area contributed by atoms with Gasteiger partial charge < -0.3 is 5.32 Å². The quantitative estimate of drug-likeness (QED) is 0.834. The van der Waals surface area contributed by atoms with Crippen molar-refractivity contribution in [3.8, 4) is 11.1 Å². The van der Waals surface area contributed by atoms with E-state index in [0.717, 1.165) is 5.56 Å². The first-order chi connectivity index (χ1) is 8.65. The Bertz CT molecular complexity index is 654. The number of nitrogens with one attached hydrogen (secondary N) is 1. The lowest BCUT2D eigenvalue weighted by Gasteiger charge is -2.10. The summed E-state index contributed by atoms with van der Waals surface area (Å²) in [5, 5.41) is 3.26. The standard InChI is InChI=1S/C14H9ClFNO/c15-9-5-8-6-13(18)17-14(8)11(7-9)10-3-1-2-4-12(10)16/h1-5,7H,6H2,(H,17,18). The molecule has 3 rings (SSSR count). The molecule has 0 atom stereocenters. The largest absolute Gasteiger partial charge is 0.325 e. The Morgan fingerprint density at radius 2 is 1.94 bits per heavy atom. The Morgan fingerprint density at radius 3 is 2.72 bits per heavy atom. The fraction of sp³-hybridized carbons (Fsp3) is 0.0714. The smallest absolute Gasteiger partial charge is 0.228 e. The van der Waals surface area contributed by atoms with Crippen LogP contribution in [-0.4, -0.2) is 5.91 Å². The molecular formula is C14H9ClFNO. The summed E-state index contributed by atoms with van der Waals surface area (Å²) in [6.45, 7) is 0. The highest BCUT2D eigenvalue weighted by atomic mass is 35.5. The Labute approximate surface area is 108 Å². The average Bonchev–Trinajstić information content (AvgIpc) is 2.69. The molecule has 0 bridgehead atoms. The van der Waals surface area contributed by atoms with Crippen LogP contribution >= 0.6 is 11.6 Å². The van der Waals surface area contributed by atoms with Crippen molar-refractivity contribution in [1.29, 1.82) is 0 Å². The lowest BCUT2D eigenvalue weighted by Crippen LogP contribution is -2.04. The molecule has 1 aliphatic rings. The molecule has 0 unspecified atom stereocenters. The molecule has 1 amide bonds. The van der Waals surface area contributed by atoms with E-state index in [-0.39, 0.29) is 18.1 Å². The molecule has 1 aliphatic heterocycles. The fourth-order valence-corrected chi connectivity index (χ4v) is 2.44. The first-order valence-electron chi connectivity index (χ1n) is 5.52. The lowest BCUT2D eigenvalue weighted by atomic mass is 10.00. The van der Waals surface area contributed by atoms with Crippen molar-refractivity contribution >= 4 is 23.2 Å². The molecule has 2 nitrogen and oxygen atoms in total. The summed E-state index contributed by atoms with van der Waals surface area (Å²) in [6, 6.07) is 9.85. The Kier molecular flexibility index (Phi) is 2.56. The van der Waals surface area contributed by atoms with Crippen LogP contribution in [0, 0.1) is 5.82 Å².